The van der Waals surface area contributed by atoms with Crippen molar-refractivity contribution in [1.82, 2.24) is 5.32 Å². The number of rotatable bonds is 6. The minimum absolute atomic E-state index is 0.000967. The Kier molecular flexibility index (Phi) is 6.12. The van der Waals surface area contributed by atoms with E-state index in [1.54, 1.807) is 24.3 Å². The molecule has 0 fully saturated rings. The Morgan fingerprint density at radius 1 is 1.44 bits per heavy atom. The topological polar surface area (TPSA) is 69.6 Å². The molecule has 0 aliphatic heterocycles. The van der Waals surface area contributed by atoms with Crippen LogP contribution in [-0.4, -0.2) is 28.8 Å². The molecule has 18 heavy (non-hydrogen) atoms. The zero-order valence-corrected chi connectivity index (χ0v) is 11.0. The highest BCUT2D eigenvalue weighted by atomic mass is 35.5. The fraction of sp³-hybridized carbons (Fsp3) is 0.462. The lowest BCUT2D eigenvalue weighted by Crippen LogP contribution is -2.38. The minimum atomic E-state index is -1.29. The molecule has 0 aromatic heterocycles. The Labute approximate surface area is 112 Å². The van der Waals surface area contributed by atoms with Crippen LogP contribution in [0.4, 0.5) is 0 Å². The monoisotopic (exact) mass is 271 g/mol. The molecule has 1 rings (SSSR count). The predicted molar refractivity (Wildman–Crippen MR) is 70.3 cm³/mol. The summed E-state index contributed by atoms with van der Waals surface area (Å²) in [6.07, 6.45) is -0.120. The first-order chi connectivity index (χ1) is 8.60. The number of aliphatic hydroxyl groups is 2. The van der Waals surface area contributed by atoms with Crippen LogP contribution in [0.1, 0.15) is 31.4 Å². The molecule has 0 heterocycles. The van der Waals surface area contributed by atoms with Gasteiger partial charge in [-0.15, -0.1) is 0 Å². The summed E-state index contributed by atoms with van der Waals surface area (Å²) < 4.78 is 0. The van der Waals surface area contributed by atoms with E-state index in [1.165, 1.54) is 0 Å². The van der Waals surface area contributed by atoms with Crippen molar-refractivity contribution in [3.63, 3.8) is 0 Å². The van der Waals surface area contributed by atoms with Crippen LogP contribution < -0.4 is 5.32 Å². The third-order valence-corrected chi connectivity index (χ3v) is 3.11. The van der Waals surface area contributed by atoms with E-state index in [-0.39, 0.29) is 12.6 Å². The van der Waals surface area contributed by atoms with Gasteiger partial charge in [0.25, 0.3) is 5.91 Å². The number of benzene rings is 1. The molecule has 0 spiro atoms. The van der Waals surface area contributed by atoms with E-state index in [9.17, 15) is 9.90 Å². The van der Waals surface area contributed by atoms with E-state index in [2.05, 4.69) is 5.32 Å². The van der Waals surface area contributed by atoms with Crippen molar-refractivity contribution < 1.29 is 15.0 Å². The van der Waals surface area contributed by atoms with Gasteiger partial charge in [-0.05, 0) is 18.9 Å². The SMILES string of the molecule is CCC(CCO)NC(=O)[C@H](O)c1ccccc1Cl. The van der Waals surface area contributed by atoms with Crippen LogP contribution in [0.3, 0.4) is 0 Å². The standard InChI is InChI=1S/C13H18ClNO3/c1-2-9(7-8-16)15-13(18)12(17)10-5-3-4-6-11(10)14/h3-6,9,12,16-17H,2,7-8H2,1H3,(H,15,18)/t9?,12-/m1/s1. The number of carbonyl (C=O) groups excluding carboxylic acids is 1. The maximum absolute atomic E-state index is 11.8. The fourth-order valence-corrected chi connectivity index (χ4v) is 1.89. The number of halogens is 1. The second-order valence-corrected chi connectivity index (χ2v) is 4.46. The molecule has 0 aliphatic rings. The van der Waals surface area contributed by atoms with E-state index in [1.807, 2.05) is 6.92 Å². The van der Waals surface area contributed by atoms with Crippen molar-refractivity contribution >= 4 is 17.5 Å². The highest BCUT2D eigenvalue weighted by molar-refractivity contribution is 6.31. The lowest BCUT2D eigenvalue weighted by atomic mass is 10.1. The number of amides is 1. The van der Waals surface area contributed by atoms with Gasteiger partial charge in [-0.3, -0.25) is 4.79 Å². The maximum Gasteiger partial charge on any atom is 0.253 e. The van der Waals surface area contributed by atoms with E-state index in [0.29, 0.717) is 23.4 Å². The average Bonchev–Trinajstić information content (AvgIpc) is 2.37. The van der Waals surface area contributed by atoms with Crippen LogP contribution in [-0.2, 0) is 4.79 Å². The zero-order chi connectivity index (χ0) is 13.5. The largest absolute Gasteiger partial charge is 0.396 e. The predicted octanol–water partition coefficient (Wildman–Crippen LogP) is 1.65. The number of carbonyl (C=O) groups is 1. The van der Waals surface area contributed by atoms with Gasteiger partial charge in [-0.2, -0.15) is 0 Å². The Morgan fingerprint density at radius 3 is 2.67 bits per heavy atom. The Hall–Kier alpha value is -1.10. The van der Waals surface area contributed by atoms with Gasteiger partial charge < -0.3 is 15.5 Å². The van der Waals surface area contributed by atoms with Gasteiger partial charge in [-0.25, -0.2) is 0 Å². The molecule has 0 bridgehead atoms. The second-order valence-electron chi connectivity index (χ2n) is 4.05. The van der Waals surface area contributed by atoms with Crippen molar-refractivity contribution in [2.75, 3.05) is 6.61 Å². The highest BCUT2D eigenvalue weighted by Gasteiger charge is 2.21. The van der Waals surface area contributed by atoms with Crippen LogP contribution in [0, 0.1) is 0 Å². The first kappa shape index (κ1) is 15.0. The molecular formula is C13H18ClNO3. The average molecular weight is 272 g/mol. The summed E-state index contributed by atoms with van der Waals surface area (Å²) in [7, 11) is 0. The van der Waals surface area contributed by atoms with Gasteiger partial charge in [0, 0.05) is 23.2 Å². The zero-order valence-electron chi connectivity index (χ0n) is 10.3. The lowest BCUT2D eigenvalue weighted by molar-refractivity contribution is -0.130. The quantitative estimate of drug-likeness (QED) is 0.737. The van der Waals surface area contributed by atoms with Crippen LogP contribution in [0.15, 0.2) is 24.3 Å². The molecule has 4 nitrogen and oxygen atoms in total. The summed E-state index contributed by atoms with van der Waals surface area (Å²) >= 11 is 5.91. The molecule has 2 atom stereocenters. The summed E-state index contributed by atoms with van der Waals surface area (Å²) in [5.41, 5.74) is 0.385. The van der Waals surface area contributed by atoms with Crippen LogP contribution >= 0.6 is 11.6 Å². The third kappa shape index (κ3) is 3.98. The number of hydrogen-bond acceptors (Lipinski definition) is 3. The van der Waals surface area contributed by atoms with Crippen LogP contribution in [0.5, 0.6) is 0 Å². The molecule has 1 aromatic rings. The van der Waals surface area contributed by atoms with Gasteiger partial charge in [0.1, 0.15) is 0 Å². The Bertz CT molecular complexity index is 398. The summed E-state index contributed by atoms with van der Waals surface area (Å²) in [5.74, 6) is -0.497. The molecular weight excluding hydrogens is 254 g/mol. The van der Waals surface area contributed by atoms with E-state index in [0.717, 1.165) is 0 Å². The van der Waals surface area contributed by atoms with Crippen molar-refractivity contribution in [3.8, 4) is 0 Å². The van der Waals surface area contributed by atoms with E-state index < -0.39 is 12.0 Å². The normalized spacial score (nSPS) is 14.0. The Balaban J connectivity index is 2.69. The number of aliphatic hydroxyl groups excluding tert-OH is 2. The molecule has 0 saturated carbocycles. The van der Waals surface area contributed by atoms with Crippen LogP contribution in [0.25, 0.3) is 0 Å². The molecule has 5 heteroatoms. The van der Waals surface area contributed by atoms with E-state index >= 15 is 0 Å². The maximum atomic E-state index is 11.8. The van der Waals surface area contributed by atoms with Crippen molar-refractivity contribution in [3.05, 3.63) is 34.9 Å². The summed E-state index contributed by atoms with van der Waals surface area (Å²) in [5, 5.41) is 21.8. The van der Waals surface area contributed by atoms with Crippen molar-refractivity contribution in [2.45, 2.75) is 31.9 Å². The van der Waals surface area contributed by atoms with Crippen molar-refractivity contribution in [2.24, 2.45) is 0 Å². The molecule has 0 radical (unpaired) electrons. The minimum Gasteiger partial charge on any atom is -0.396 e. The first-order valence-corrected chi connectivity index (χ1v) is 6.31. The van der Waals surface area contributed by atoms with Crippen molar-refractivity contribution in [1.29, 1.82) is 0 Å². The van der Waals surface area contributed by atoms with Gasteiger partial charge in [-0.1, -0.05) is 36.7 Å². The molecule has 1 aromatic carbocycles. The smallest absolute Gasteiger partial charge is 0.253 e. The summed E-state index contributed by atoms with van der Waals surface area (Å²) in [6, 6.07) is 6.54. The van der Waals surface area contributed by atoms with Gasteiger partial charge in [0.2, 0.25) is 0 Å². The van der Waals surface area contributed by atoms with Crippen LogP contribution in [0.2, 0.25) is 5.02 Å². The molecule has 3 N–H and O–H groups in total. The molecule has 1 unspecified atom stereocenters. The van der Waals surface area contributed by atoms with Gasteiger partial charge in [0.05, 0.1) is 0 Å². The molecule has 100 valence electrons. The second kappa shape index (κ2) is 7.36. The Morgan fingerprint density at radius 2 is 2.11 bits per heavy atom. The molecule has 0 aliphatic carbocycles. The number of hydrogen-bond donors (Lipinski definition) is 3. The summed E-state index contributed by atoms with van der Waals surface area (Å²) in [4.78, 5) is 11.8. The molecule has 1 amide bonds. The highest BCUT2D eigenvalue weighted by Crippen LogP contribution is 2.22. The molecule has 0 saturated heterocycles. The van der Waals surface area contributed by atoms with E-state index in [4.69, 9.17) is 16.7 Å². The van der Waals surface area contributed by atoms with Gasteiger partial charge >= 0.3 is 0 Å². The third-order valence-electron chi connectivity index (χ3n) is 2.76. The number of nitrogens with one attached hydrogen (secondary N) is 1. The lowest BCUT2D eigenvalue weighted by Gasteiger charge is -2.19. The summed E-state index contributed by atoms with van der Waals surface area (Å²) in [6.45, 7) is 1.91. The fourth-order valence-electron chi connectivity index (χ4n) is 1.65. The first-order valence-electron chi connectivity index (χ1n) is 5.93. The van der Waals surface area contributed by atoms with Gasteiger partial charge in [0.15, 0.2) is 6.10 Å².